The van der Waals surface area contributed by atoms with Crippen molar-refractivity contribution in [3.8, 4) is 6.07 Å². The lowest BCUT2D eigenvalue weighted by molar-refractivity contribution is 0.598. The largest absolute Gasteiger partial charge is 0.346 e. The van der Waals surface area contributed by atoms with E-state index in [1.54, 1.807) is 12.1 Å². The summed E-state index contributed by atoms with van der Waals surface area (Å²) >= 11 is 0. The van der Waals surface area contributed by atoms with Crippen LogP contribution in [0.3, 0.4) is 0 Å². The number of fused-ring (bicyclic) bond motifs is 1. The van der Waals surface area contributed by atoms with Gasteiger partial charge in [0.15, 0.2) is 5.82 Å². The van der Waals surface area contributed by atoms with E-state index in [0.29, 0.717) is 17.1 Å². The Balaban J connectivity index is 1.83. The van der Waals surface area contributed by atoms with Crippen molar-refractivity contribution in [2.75, 3.05) is 5.32 Å². The molecule has 134 valence electrons. The standard InChI is InChI=1S/C18H19N5O2S/c1-12-15-4-2-3-5-17(15)23-18(16(12)10-19)22-11-21-13-6-8-14(9-7-13)26(20,24)25/h6-9,11H,2-5H2,1H3,(H2,20,24,25)(H,21,22,23). The number of aryl methyl sites for hydroxylation is 1. The number of aromatic nitrogens is 1. The molecule has 1 aromatic carbocycles. The topological polar surface area (TPSA) is 121 Å². The zero-order valence-corrected chi connectivity index (χ0v) is 15.2. The van der Waals surface area contributed by atoms with Crippen LogP contribution in [0.4, 0.5) is 11.5 Å². The quantitative estimate of drug-likeness (QED) is 0.633. The van der Waals surface area contributed by atoms with E-state index in [1.165, 1.54) is 24.0 Å². The number of hydrogen-bond acceptors (Lipinski definition) is 5. The number of hydrogen-bond donors (Lipinski definition) is 2. The molecule has 1 aromatic heterocycles. The van der Waals surface area contributed by atoms with E-state index in [9.17, 15) is 13.7 Å². The number of pyridine rings is 1. The Hall–Kier alpha value is -2.76. The van der Waals surface area contributed by atoms with Gasteiger partial charge in [-0.15, -0.1) is 0 Å². The first-order valence-corrected chi connectivity index (χ1v) is 9.79. The highest BCUT2D eigenvalue weighted by atomic mass is 32.2. The number of benzene rings is 1. The average molecular weight is 369 g/mol. The second-order valence-corrected chi connectivity index (χ2v) is 7.71. The van der Waals surface area contributed by atoms with Crippen LogP contribution in [-0.2, 0) is 22.9 Å². The molecule has 0 fully saturated rings. The normalized spacial score (nSPS) is 14.0. The second kappa shape index (κ2) is 7.23. The van der Waals surface area contributed by atoms with Gasteiger partial charge in [-0.3, -0.25) is 0 Å². The fourth-order valence-electron chi connectivity index (χ4n) is 3.06. The molecule has 2 aromatic rings. The maximum Gasteiger partial charge on any atom is 0.238 e. The third-order valence-electron chi connectivity index (χ3n) is 4.44. The number of rotatable bonds is 4. The number of sulfonamides is 1. The van der Waals surface area contributed by atoms with E-state index in [0.717, 1.165) is 36.9 Å². The molecular formula is C18H19N5O2S. The summed E-state index contributed by atoms with van der Waals surface area (Å²) in [7, 11) is -3.71. The van der Waals surface area contributed by atoms with E-state index < -0.39 is 10.0 Å². The minimum absolute atomic E-state index is 0.0405. The Bertz CT molecular complexity index is 1010. The lowest BCUT2D eigenvalue weighted by Gasteiger charge is -2.18. The smallest absolute Gasteiger partial charge is 0.238 e. The number of nitriles is 1. The van der Waals surface area contributed by atoms with Crippen molar-refractivity contribution in [1.82, 2.24) is 4.98 Å². The number of anilines is 1. The van der Waals surface area contributed by atoms with Gasteiger partial charge in [0.2, 0.25) is 10.0 Å². The van der Waals surface area contributed by atoms with Crippen LogP contribution in [0, 0.1) is 18.3 Å². The summed E-state index contributed by atoms with van der Waals surface area (Å²) < 4.78 is 22.5. The zero-order chi connectivity index (χ0) is 18.7. The summed E-state index contributed by atoms with van der Waals surface area (Å²) in [4.78, 5) is 8.91. The van der Waals surface area contributed by atoms with Crippen LogP contribution in [0.15, 0.2) is 34.2 Å². The van der Waals surface area contributed by atoms with Crippen molar-refractivity contribution in [3.05, 3.63) is 46.6 Å². The molecule has 0 spiro atoms. The molecule has 3 rings (SSSR count). The molecule has 1 aliphatic carbocycles. The monoisotopic (exact) mass is 369 g/mol. The van der Waals surface area contributed by atoms with E-state index >= 15 is 0 Å². The number of nitrogens with two attached hydrogens (primary N) is 1. The van der Waals surface area contributed by atoms with Crippen LogP contribution < -0.4 is 10.5 Å². The minimum atomic E-state index is -3.71. The van der Waals surface area contributed by atoms with Gasteiger partial charge in [0.25, 0.3) is 0 Å². The fourth-order valence-corrected chi connectivity index (χ4v) is 3.57. The summed E-state index contributed by atoms with van der Waals surface area (Å²) in [6.07, 6.45) is 5.54. The molecule has 0 unspecified atom stereocenters. The van der Waals surface area contributed by atoms with Crippen LogP contribution in [0.1, 0.15) is 35.2 Å². The molecule has 26 heavy (non-hydrogen) atoms. The van der Waals surface area contributed by atoms with E-state index in [2.05, 4.69) is 21.4 Å². The van der Waals surface area contributed by atoms with Crippen LogP contribution in [0.5, 0.6) is 0 Å². The summed E-state index contributed by atoms with van der Waals surface area (Å²) in [5.41, 5.74) is 4.31. The van der Waals surface area contributed by atoms with Crippen LogP contribution >= 0.6 is 0 Å². The van der Waals surface area contributed by atoms with Gasteiger partial charge < -0.3 is 5.32 Å². The van der Waals surface area contributed by atoms with Crippen molar-refractivity contribution < 1.29 is 8.42 Å². The fraction of sp³-hybridized carbons (Fsp3) is 0.278. The first-order valence-electron chi connectivity index (χ1n) is 8.24. The Kier molecular flexibility index (Phi) is 5.02. The second-order valence-electron chi connectivity index (χ2n) is 6.15. The molecule has 0 saturated carbocycles. The minimum Gasteiger partial charge on any atom is -0.346 e. The third kappa shape index (κ3) is 3.74. The van der Waals surface area contributed by atoms with Gasteiger partial charge in [0.05, 0.1) is 16.8 Å². The number of nitrogens with one attached hydrogen (secondary N) is 1. The Labute approximate surface area is 152 Å². The van der Waals surface area contributed by atoms with Gasteiger partial charge in [0.1, 0.15) is 6.07 Å². The highest BCUT2D eigenvalue weighted by molar-refractivity contribution is 7.89. The van der Waals surface area contributed by atoms with Gasteiger partial charge in [0, 0.05) is 11.4 Å². The molecule has 7 nitrogen and oxygen atoms in total. The molecule has 8 heteroatoms. The lowest BCUT2D eigenvalue weighted by atomic mass is 9.90. The maximum absolute atomic E-state index is 11.3. The molecule has 0 radical (unpaired) electrons. The summed E-state index contributed by atoms with van der Waals surface area (Å²) in [6.45, 7) is 1.95. The predicted molar refractivity (Wildman–Crippen MR) is 99.9 cm³/mol. The summed E-state index contributed by atoms with van der Waals surface area (Å²) in [5, 5.41) is 17.5. The molecule has 1 aliphatic rings. The van der Waals surface area contributed by atoms with Crippen LogP contribution in [-0.4, -0.2) is 19.7 Å². The van der Waals surface area contributed by atoms with Crippen LogP contribution in [0.2, 0.25) is 0 Å². The van der Waals surface area contributed by atoms with E-state index in [1.807, 2.05) is 6.92 Å². The van der Waals surface area contributed by atoms with E-state index in [4.69, 9.17) is 5.14 Å². The van der Waals surface area contributed by atoms with Crippen molar-refractivity contribution in [2.45, 2.75) is 37.5 Å². The van der Waals surface area contributed by atoms with Gasteiger partial charge >= 0.3 is 0 Å². The van der Waals surface area contributed by atoms with Crippen molar-refractivity contribution in [1.29, 1.82) is 5.26 Å². The number of primary sulfonamides is 1. The molecule has 0 atom stereocenters. The Morgan fingerprint density at radius 2 is 1.96 bits per heavy atom. The molecule has 0 saturated heterocycles. The number of aliphatic imine (C=N–C) groups is 1. The number of nitrogens with zero attached hydrogens (tertiary/aromatic N) is 3. The average Bonchev–Trinajstić information content (AvgIpc) is 2.62. The summed E-state index contributed by atoms with van der Waals surface area (Å²) in [6, 6.07) is 8.19. The molecule has 0 bridgehead atoms. The first kappa shape index (κ1) is 18.0. The van der Waals surface area contributed by atoms with Crippen molar-refractivity contribution >= 4 is 27.9 Å². The van der Waals surface area contributed by atoms with Gasteiger partial charge in [-0.2, -0.15) is 5.26 Å². The third-order valence-corrected chi connectivity index (χ3v) is 5.37. The van der Waals surface area contributed by atoms with Crippen molar-refractivity contribution in [2.24, 2.45) is 10.1 Å². The van der Waals surface area contributed by atoms with Gasteiger partial charge in [-0.05, 0) is 68.0 Å². The SMILES string of the molecule is Cc1c(C#N)c(N=CNc2ccc(S(N)(=O)=O)cc2)nc2c1CCCC2. The molecule has 0 aliphatic heterocycles. The van der Waals surface area contributed by atoms with Gasteiger partial charge in [-0.1, -0.05) is 0 Å². The Morgan fingerprint density at radius 3 is 2.62 bits per heavy atom. The zero-order valence-electron chi connectivity index (χ0n) is 14.4. The summed E-state index contributed by atoms with van der Waals surface area (Å²) in [5.74, 6) is 0.402. The highest BCUT2D eigenvalue weighted by Crippen LogP contribution is 2.29. The predicted octanol–water partition coefficient (Wildman–Crippen LogP) is 2.56. The lowest BCUT2D eigenvalue weighted by Crippen LogP contribution is -2.11. The first-order chi connectivity index (χ1) is 12.4. The molecular weight excluding hydrogens is 350 g/mol. The molecule has 0 amide bonds. The van der Waals surface area contributed by atoms with Crippen LogP contribution in [0.25, 0.3) is 0 Å². The van der Waals surface area contributed by atoms with Gasteiger partial charge in [-0.25, -0.2) is 23.5 Å². The van der Waals surface area contributed by atoms with E-state index in [-0.39, 0.29) is 4.90 Å². The maximum atomic E-state index is 11.3. The Morgan fingerprint density at radius 1 is 1.27 bits per heavy atom. The molecule has 1 heterocycles. The highest BCUT2D eigenvalue weighted by Gasteiger charge is 2.18. The van der Waals surface area contributed by atoms with Crippen molar-refractivity contribution in [3.63, 3.8) is 0 Å². The molecule has 3 N–H and O–H groups in total.